The summed E-state index contributed by atoms with van der Waals surface area (Å²) in [6, 6.07) is 11.2. The van der Waals surface area contributed by atoms with Crippen LogP contribution in [0, 0.1) is 11.7 Å². The molecular formula is C25H25FN2O4S. The molecule has 1 aliphatic carbocycles. The van der Waals surface area contributed by atoms with E-state index in [0.29, 0.717) is 19.0 Å². The lowest BCUT2D eigenvalue weighted by molar-refractivity contribution is -0.135. The van der Waals surface area contributed by atoms with E-state index in [0.717, 1.165) is 24.8 Å². The molecule has 0 saturated heterocycles. The van der Waals surface area contributed by atoms with Crippen molar-refractivity contribution in [3.05, 3.63) is 76.1 Å². The van der Waals surface area contributed by atoms with Gasteiger partial charge in [-0.3, -0.25) is 9.59 Å². The minimum absolute atomic E-state index is 0.0221. The highest BCUT2D eigenvalue weighted by Crippen LogP contribution is 2.35. The number of carbonyl (C=O) groups excluding carboxylic acids is 2. The summed E-state index contributed by atoms with van der Waals surface area (Å²) in [4.78, 5) is 31.0. The van der Waals surface area contributed by atoms with Gasteiger partial charge in [0, 0.05) is 18.0 Å². The summed E-state index contributed by atoms with van der Waals surface area (Å²) in [5, 5.41) is 2.01. The number of benzene rings is 1. The molecular weight excluding hydrogens is 443 g/mol. The first-order valence-corrected chi connectivity index (χ1v) is 12.0. The van der Waals surface area contributed by atoms with E-state index in [4.69, 9.17) is 9.15 Å². The lowest BCUT2D eigenvalue weighted by atomic mass is 10.0. The predicted molar refractivity (Wildman–Crippen MR) is 122 cm³/mol. The molecule has 33 heavy (non-hydrogen) atoms. The van der Waals surface area contributed by atoms with Gasteiger partial charge in [-0.1, -0.05) is 12.1 Å². The quantitative estimate of drug-likeness (QED) is 0.487. The lowest BCUT2D eigenvalue weighted by Gasteiger charge is -2.37. The Kier molecular flexibility index (Phi) is 6.17. The highest BCUT2D eigenvalue weighted by atomic mass is 32.1. The van der Waals surface area contributed by atoms with Gasteiger partial charge in [0.15, 0.2) is 17.3 Å². The fourth-order valence-electron chi connectivity index (χ4n) is 4.25. The van der Waals surface area contributed by atoms with Crippen molar-refractivity contribution in [1.29, 1.82) is 0 Å². The molecule has 1 fully saturated rings. The van der Waals surface area contributed by atoms with Gasteiger partial charge in [0.05, 0.1) is 12.3 Å². The number of fused-ring (bicyclic) bond motifs is 1. The normalized spacial score (nSPS) is 17.5. The van der Waals surface area contributed by atoms with Gasteiger partial charge in [-0.15, -0.1) is 11.3 Å². The standard InChI is InChI=1S/C25H25FN2O4S/c26-19-4-1-2-5-21(19)32-16-20-18-10-13-33-23(18)9-11-28(20)24(29)15-27(14-17-7-8-17)25(30)22-6-3-12-31-22/h1-6,10,12-13,17,20H,7-9,11,14-16H2. The van der Waals surface area contributed by atoms with Crippen molar-refractivity contribution in [2.75, 3.05) is 26.2 Å². The van der Waals surface area contributed by atoms with Crippen molar-refractivity contribution in [1.82, 2.24) is 9.80 Å². The zero-order valence-corrected chi connectivity index (χ0v) is 18.9. The Morgan fingerprint density at radius 2 is 2.03 bits per heavy atom. The minimum Gasteiger partial charge on any atom is -0.488 e. The molecule has 1 saturated carbocycles. The molecule has 0 N–H and O–H groups in total. The van der Waals surface area contributed by atoms with E-state index in [-0.39, 0.29) is 42.5 Å². The Labute approximate surface area is 195 Å². The molecule has 1 unspecified atom stereocenters. The van der Waals surface area contributed by atoms with Crippen LogP contribution in [0.5, 0.6) is 5.75 Å². The van der Waals surface area contributed by atoms with Crippen molar-refractivity contribution in [3.63, 3.8) is 0 Å². The Morgan fingerprint density at radius 3 is 2.79 bits per heavy atom. The van der Waals surface area contributed by atoms with Gasteiger partial charge in [0.1, 0.15) is 13.2 Å². The maximum Gasteiger partial charge on any atom is 0.290 e. The van der Waals surface area contributed by atoms with Crippen LogP contribution in [0.2, 0.25) is 0 Å². The molecule has 3 aromatic rings. The fraction of sp³-hybridized carbons (Fsp3) is 0.360. The number of halogens is 1. The second kappa shape index (κ2) is 9.39. The van der Waals surface area contributed by atoms with Gasteiger partial charge in [-0.25, -0.2) is 4.39 Å². The van der Waals surface area contributed by atoms with E-state index in [1.165, 1.54) is 17.2 Å². The molecule has 8 heteroatoms. The van der Waals surface area contributed by atoms with Gasteiger partial charge < -0.3 is 19.0 Å². The first kappa shape index (κ1) is 21.7. The van der Waals surface area contributed by atoms with Crippen molar-refractivity contribution in [2.45, 2.75) is 25.3 Å². The van der Waals surface area contributed by atoms with Crippen LogP contribution in [0.25, 0.3) is 0 Å². The molecule has 2 amide bonds. The topological polar surface area (TPSA) is 63.0 Å². The van der Waals surface area contributed by atoms with Crippen LogP contribution in [0.1, 0.15) is 39.9 Å². The number of thiophene rings is 1. The van der Waals surface area contributed by atoms with Crippen LogP contribution in [-0.4, -0.2) is 47.9 Å². The molecule has 1 aromatic carbocycles. The Bertz CT molecular complexity index is 1130. The SMILES string of the molecule is O=C(c1ccco1)N(CC(=O)N1CCc2sccc2C1COc1ccccc1F)CC1CC1. The number of hydrogen-bond donors (Lipinski definition) is 0. The molecule has 6 nitrogen and oxygen atoms in total. The maximum atomic E-state index is 14.1. The van der Waals surface area contributed by atoms with Crippen LogP contribution < -0.4 is 4.74 Å². The third-order valence-corrected chi connectivity index (χ3v) is 7.17. The highest BCUT2D eigenvalue weighted by molar-refractivity contribution is 7.10. The molecule has 172 valence electrons. The maximum absolute atomic E-state index is 14.1. The van der Waals surface area contributed by atoms with Gasteiger partial charge in [0.2, 0.25) is 5.91 Å². The largest absolute Gasteiger partial charge is 0.488 e. The van der Waals surface area contributed by atoms with Gasteiger partial charge in [-0.05, 0) is 66.5 Å². The zero-order valence-electron chi connectivity index (χ0n) is 18.1. The average Bonchev–Trinajstić information content (AvgIpc) is 3.26. The fourth-order valence-corrected chi connectivity index (χ4v) is 5.17. The Morgan fingerprint density at radius 1 is 1.18 bits per heavy atom. The number of furan rings is 1. The van der Waals surface area contributed by atoms with E-state index >= 15 is 0 Å². The van der Waals surface area contributed by atoms with Crippen molar-refractivity contribution >= 4 is 23.2 Å². The Hall–Kier alpha value is -3.13. The van der Waals surface area contributed by atoms with E-state index in [1.807, 2.05) is 11.4 Å². The zero-order chi connectivity index (χ0) is 22.8. The van der Waals surface area contributed by atoms with Gasteiger partial charge in [-0.2, -0.15) is 0 Å². The predicted octanol–water partition coefficient (Wildman–Crippen LogP) is 4.54. The number of nitrogens with zero attached hydrogens (tertiary/aromatic N) is 2. The molecule has 0 spiro atoms. The summed E-state index contributed by atoms with van der Waals surface area (Å²) in [5.41, 5.74) is 1.03. The van der Waals surface area contributed by atoms with Crippen molar-refractivity contribution < 1.29 is 23.1 Å². The molecule has 1 atom stereocenters. The van der Waals surface area contributed by atoms with Crippen molar-refractivity contribution in [2.24, 2.45) is 5.92 Å². The first-order chi connectivity index (χ1) is 16.1. The second-order valence-electron chi connectivity index (χ2n) is 8.50. The number of rotatable bonds is 8. The summed E-state index contributed by atoms with van der Waals surface area (Å²) >= 11 is 1.66. The van der Waals surface area contributed by atoms with Gasteiger partial charge in [0.25, 0.3) is 5.91 Å². The third kappa shape index (κ3) is 4.80. The number of para-hydroxylation sites is 1. The van der Waals surface area contributed by atoms with Gasteiger partial charge >= 0.3 is 0 Å². The molecule has 2 aliphatic rings. The van der Waals surface area contributed by atoms with E-state index in [2.05, 4.69) is 0 Å². The second-order valence-corrected chi connectivity index (χ2v) is 9.50. The lowest BCUT2D eigenvalue weighted by Crippen LogP contribution is -2.48. The number of carbonyl (C=O) groups is 2. The molecule has 1 aliphatic heterocycles. The third-order valence-electron chi connectivity index (χ3n) is 6.17. The average molecular weight is 469 g/mol. The molecule has 5 rings (SSSR count). The molecule has 0 bridgehead atoms. The summed E-state index contributed by atoms with van der Waals surface area (Å²) in [6.45, 7) is 1.19. The number of ether oxygens (including phenoxy) is 1. The monoisotopic (exact) mass is 468 g/mol. The Balaban J connectivity index is 1.34. The van der Waals surface area contributed by atoms with Crippen LogP contribution in [0.15, 0.2) is 58.5 Å². The molecule has 2 aromatic heterocycles. The summed E-state index contributed by atoms with van der Waals surface area (Å²) in [6.07, 6.45) is 4.35. The van der Waals surface area contributed by atoms with Crippen LogP contribution in [-0.2, 0) is 11.2 Å². The summed E-state index contributed by atoms with van der Waals surface area (Å²) < 4.78 is 25.2. The highest BCUT2D eigenvalue weighted by Gasteiger charge is 2.35. The van der Waals surface area contributed by atoms with Crippen LogP contribution in [0.3, 0.4) is 0 Å². The van der Waals surface area contributed by atoms with Crippen molar-refractivity contribution in [3.8, 4) is 5.75 Å². The minimum atomic E-state index is -0.434. The van der Waals surface area contributed by atoms with E-state index < -0.39 is 5.82 Å². The first-order valence-electron chi connectivity index (χ1n) is 11.2. The molecule has 3 heterocycles. The van der Waals surface area contributed by atoms with E-state index in [1.54, 1.807) is 51.5 Å². The molecule has 0 radical (unpaired) electrons. The van der Waals surface area contributed by atoms with Crippen LogP contribution >= 0.6 is 11.3 Å². The van der Waals surface area contributed by atoms with Crippen LogP contribution in [0.4, 0.5) is 4.39 Å². The summed E-state index contributed by atoms with van der Waals surface area (Å²) in [5.74, 6) is -0.0162. The number of amides is 2. The summed E-state index contributed by atoms with van der Waals surface area (Å²) in [7, 11) is 0. The van der Waals surface area contributed by atoms with E-state index in [9.17, 15) is 14.0 Å². The number of hydrogen-bond acceptors (Lipinski definition) is 5. The smallest absolute Gasteiger partial charge is 0.290 e.